The Labute approximate surface area is 107 Å². The lowest BCUT2D eigenvalue weighted by atomic mass is 10.0. The van der Waals surface area contributed by atoms with Gasteiger partial charge in [0.25, 0.3) is 0 Å². The van der Waals surface area contributed by atoms with Crippen LogP contribution in [0.2, 0.25) is 0 Å². The molecule has 4 heteroatoms. The van der Waals surface area contributed by atoms with Crippen LogP contribution in [0.3, 0.4) is 0 Å². The molecule has 0 saturated heterocycles. The van der Waals surface area contributed by atoms with Crippen LogP contribution in [0.5, 0.6) is 0 Å². The fourth-order valence-electron chi connectivity index (χ4n) is 1.85. The molecular formula is C14H19NO3. The highest BCUT2D eigenvalue weighted by Crippen LogP contribution is 2.14. The topological polar surface area (TPSA) is 57.6 Å². The number of carbonyl (C=O) groups excluding carboxylic acids is 1. The fourth-order valence-corrected chi connectivity index (χ4v) is 1.85. The second-order valence-corrected chi connectivity index (χ2v) is 4.73. The van der Waals surface area contributed by atoms with Crippen molar-refractivity contribution in [1.82, 2.24) is 4.90 Å². The Kier molecular flexibility index (Phi) is 5.36. The van der Waals surface area contributed by atoms with Gasteiger partial charge in [-0.1, -0.05) is 44.2 Å². The molecule has 0 unspecified atom stereocenters. The largest absolute Gasteiger partial charge is 0.465 e. The van der Waals surface area contributed by atoms with Crippen LogP contribution in [-0.2, 0) is 11.3 Å². The molecule has 1 aromatic carbocycles. The Morgan fingerprint density at radius 2 is 1.94 bits per heavy atom. The summed E-state index contributed by atoms with van der Waals surface area (Å²) >= 11 is 0. The number of aldehydes is 1. The first-order valence-electron chi connectivity index (χ1n) is 6.03. The SMILES string of the molecule is CC(C)C[C@@H](C=O)N(Cc1ccccc1)C(=O)O. The maximum absolute atomic E-state index is 11.3. The molecule has 98 valence electrons. The molecular weight excluding hydrogens is 230 g/mol. The number of carboxylic acid groups (broad SMARTS) is 1. The van der Waals surface area contributed by atoms with Gasteiger partial charge in [0, 0.05) is 6.54 Å². The van der Waals surface area contributed by atoms with Gasteiger partial charge in [0.1, 0.15) is 6.29 Å². The molecule has 1 N–H and O–H groups in total. The normalized spacial score (nSPS) is 12.2. The van der Waals surface area contributed by atoms with E-state index in [0.717, 1.165) is 11.8 Å². The van der Waals surface area contributed by atoms with E-state index in [4.69, 9.17) is 0 Å². The van der Waals surface area contributed by atoms with E-state index in [9.17, 15) is 14.7 Å². The van der Waals surface area contributed by atoms with E-state index in [1.807, 2.05) is 44.2 Å². The third-order valence-electron chi connectivity index (χ3n) is 2.71. The summed E-state index contributed by atoms with van der Waals surface area (Å²) in [7, 11) is 0. The van der Waals surface area contributed by atoms with Crippen molar-refractivity contribution < 1.29 is 14.7 Å². The molecule has 0 bridgehead atoms. The zero-order valence-electron chi connectivity index (χ0n) is 10.7. The lowest BCUT2D eigenvalue weighted by Gasteiger charge is -2.26. The number of rotatable bonds is 6. The summed E-state index contributed by atoms with van der Waals surface area (Å²) < 4.78 is 0. The van der Waals surface area contributed by atoms with E-state index in [0.29, 0.717) is 6.42 Å². The van der Waals surface area contributed by atoms with Crippen molar-refractivity contribution in [3.05, 3.63) is 35.9 Å². The average Bonchev–Trinajstić information content (AvgIpc) is 2.34. The summed E-state index contributed by atoms with van der Waals surface area (Å²) in [6.45, 7) is 4.18. The molecule has 0 spiro atoms. The zero-order chi connectivity index (χ0) is 13.5. The van der Waals surface area contributed by atoms with Gasteiger partial charge < -0.3 is 9.90 Å². The lowest BCUT2D eigenvalue weighted by Crippen LogP contribution is -2.40. The van der Waals surface area contributed by atoms with Gasteiger partial charge in [0.05, 0.1) is 6.04 Å². The molecule has 0 aliphatic rings. The average molecular weight is 249 g/mol. The minimum atomic E-state index is -1.06. The van der Waals surface area contributed by atoms with E-state index in [2.05, 4.69) is 0 Å². The first-order chi connectivity index (χ1) is 8.54. The number of amides is 1. The first-order valence-corrected chi connectivity index (χ1v) is 6.03. The number of carbonyl (C=O) groups is 2. The van der Waals surface area contributed by atoms with Crippen LogP contribution in [0.1, 0.15) is 25.8 Å². The molecule has 0 saturated carbocycles. The molecule has 0 aromatic heterocycles. The summed E-state index contributed by atoms with van der Waals surface area (Å²) in [6, 6.07) is 8.71. The Morgan fingerprint density at radius 3 is 2.39 bits per heavy atom. The third kappa shape index (κ3) is 4.20. The Morgan fingerprint density at radius 1 is 1.33 bits per heavy atom. The number of benzene rings is 1. The van der Waals surface area contributed by atoms with E-state index in [1.165, 1.54) is 4.90 Å². The quantitative estimate of drug-likeness (QED) is 0.789. The predicted molar refractivity (Wildman–Crippen MR) is 69.3 cm³/mol. The van der Waals surface area contributed by atoms with Crippen molar-refractivity contribution >= 4 is 12.4 Å². The van der Waals surface area contributed by atoms with Crippen LogP contribution in [0, 0.1) is 5.92 Å². The van der Waals surface area contributed by atoms with Crippen molar-refractivity contribution in [1.29, 1.82) is 0 Å². The van der Waals surface area contributed by atoms with Gasteiger partial charge in [0.2, 0.25) is 0 Å². The maximum Gasteiger partial charge on any atom is 0.408 e. The van der Waals surface area contributed by atoms with Crippen molar-refractivity contribution in [2.24, 2.45) is 5.92 Å². The standard InChI is InChI=1S/C14H19NO3/c1-11(2)8-13(10-16)15(14(17)18)9-12-6-4-3-5-7-12/h3-7,10-11,13H,8-9H2,1-2H3,(H,17,18)/t13-/m0/s1. The maximum atomic E-state index is 11.3. The smallest absolute Gasteiger partial charge is 0.408 e. The predicted octanol–water partition coefficient (Wildman–Crippen LogP) is 2.78. The molecule has 1 rings (SSSR count). The van der Waals surface area contributed by atoms with Gasteiger partial charge in [0.15, 0.2) is 0 Å². The van der Waals surface area contributed by atoms with E-state index < -0.39 is 12.1 Å². The lowest BCUT2D eigenvalue weighted by molar-refractivity contribution is -0.112. The van der Waals surface area contributed by atoms with E-state index in [1.54, 1.807) is 0 Å². The Bertz CT molecular complexity index is 389. The molecule has 0 fully saturated rings. The van der Waals surface area contributed by atoms with Crippen molar-refractivity contribution in [3.8, 4) is 0 Å². The Balaban J connectivity index is 2.81. The van der Waals surface area contributed by atoms with E-state index >= 15 is 0 Å². The fraction of sp³-hybridized carbons (Fsp3) is 0.429. The van der Waals surface area contributed by atoms with Gasteiger partial charge in [-0.15, -0.1) is 0 Å². The van der Waals surface area contributed by atoms with Crippen LogP contribution in [0.4, 0.5) is 4.79 Å². The summed E-state index contributed by atoms with van der Waals surface area (Å²) in [4.78, 5) is 23.5. The Hall–Kier alpha value is -1.84. The van der Waals surface area contributed by atoms with Crippen LogP contribution >= 0.6 is 0 Å². The van der Waals surface area contributed by atoms with Crippen molar-refractivity contribution in [3.63, 3.8) is 0 Å². The number of hydrogen-bond donors (Lipinski definition) is 1. The first kappa shape index (κ1) is 14.2. The monoisotopic (exact) mass is 249 g/mol. The number of nitrogens with zero attached hydrogens (tertiary/aromatic N) is 1. The van der Waals surface area contributed by atoms with Gasteiger partial charge >= 0.3 is 6.09 Å². The molecule has 1 amide bonds. The molecule has 1 aromatic rings. The molecule has 0 radical (unpaired) electrons. The van der Waals surface area contributed by atoms with Crippen molar-refractivity contribution in [2.45, 2.75) is 32.9 Å². The molecule has 0 aliphatic carbocycles. The van der Waals surface area contributed by atoms with Crippen LogP contribution in [-0.4, -0.2) is 28.4 Å². The van der Waals surface area contributed by atoms with Crippen LogP contribution < -0.4 is 0 Å². The third-order valence-corrected chi connectivity index (χ3v) is 2.71. The molecule has 4 nitrogen and oxygen atoms in total. The van der Waals surface area contributed by atoms with Crippen LogP contribution in [0.15, 0.2) is 30.3 Å². The molecule has 0 aliphatic heterocycles. The van der Waals surface area contributed by atoms with E-state index in [-0.39, 0.29) is 12.5 Å². The molecule has 18 heavy (non-hydrogen) atoms. The van der Waals surface area contributed by atoms with Crippen LogP contribution in [0.25, 0.3) is 0 Å². The van der Waals surface area contributed by atoms with Gasteiger partial charge in [-0.3, -0.25) is 4.90 Å². The summed E-state index contributed by atoms with van der Waals surface area (Å²) in [5.74, 6) is 0.276. The highest BCUT2D eigenvalue weighted by atomic mass is 16.4. The highest BCUT2D eigenvalue weighted by molar-refractivity contribution is 5.71. The highest BCUT2D eigenvalue weighted by Gasteiger charge is 2.23. The van der Waals surface area contributed by atoms with Gasteiger partial charge in [-0.2, -0.15) is 0 Å². The molecule has 0 heterocycles. The minimum Gasteiger partial charge on any atom is -0.465 e. The molecule has 1 atom stereocenters. The number of hydrogen-bond acceptors (Lipinski definition) is 2. The minimum absolute atomic E-state index is 0.242. The summed E-state index contributed by atoms with van der Waals surface area (Å²) in [6.07, 6.45) is 0.205. The zero-order valence-corrected chi connectivity index (χ0v) is 10.7. The van der Waals surface area contributed by atoms with Gasteiger partial charge in [-0.05, 0) is 17.9 Å². The second-order valence-electron chi connectivity index (χ2n) is 4.73. The van der Waals surface area contributed by atoms with Gasteiger partial charge in [-0.25, -0.2) is 4.79 Å². The second kappa shape index (κ2) is 6.79. The van der Waals surface area contributed by atoms with Crippen molar-refractivity contribution in [2.75, 3.05) is 0 Å². The summed E-state index contributed by atoms with van der Waals surface area (Å²) in [5.41, 5.74) is 0.885. The summed E-state index contributed by atoms with van der Waals surface area (Å²) in [5, 5.41) is 9.22.